The van der Waals surface area contributed by atoms with Crippen molar-refractivity contribution >= 4 is 0 Å². The Morgan fingerprint density at radius 3 is 2.80 bits per heavy atom. The molecule has 108 valence electrons. The van der Waals surface area contributed by atoms with Crippen LogP contribution in [0.4, 0.5) is 0 Å². The Balaban J connectivity index is 2.17. The maximum Gasteiger partial charge on any atom is 0.132 e. The van der Waals surface area contributed by atoms with Crippen molar-refractivity contribution in [3.8, 4) is 5.75 Å². The SMILES string of the molecule is CCCn1nnc(CN)c1COc1cc(C)ccc1C. The minimum atomic E-state index is 0.384. The number of aromatic nitrogens is 3. The van der Waals surface area contributed by atoms with Crippen molar-refractivity contribution in [3.63, 3.8) is 0 Å². The molecule has 1 heterocycles. The van der Waals surface area contributed by atoms with Crippen LogP contribution in [0.1, 0.15) is 35.9 Å². The number of ether oxygens (including phenoxy) is 1. The van der Waals surface area contributed by atoms with Gasteiger partial charge >= 0.3 is 0 Å². The predicted octanol–water partition coefficient (Wildman–Crippen LogP) is 2.34. The molecular weight excluding hydrogens is 252 g/mol. The van der Waals surface area contributed by atoms with Crippen LogP contribution in [0, 0.1) is 13.8 Å². The molecule has 2 aromatic rings. The number of hydrogen-bond acceptors (Lipinski definition) is 4. The zero-order valence-electron chi connectivity index (χ0n) is 12.4. The van der Waals surface area contributed by atoms with Crippen LogP contribution in [0.5, 0.6) is 5.75 Å². The van der Waals surface area contributed by atoms with Gasteiger partial charge in [-0.15, -0.1) is 5.10 Å². The van der Waals surface area contributed by atoms with Crippen molar-refractivity contribution in [2.45, 2.75) is 46.9 Å². The fraction of sp³-hybridized carbons (Fsp3) is 0.467. The molecule has 1 aromatic carbocycles. The van der Waals surface area contributed by atoms with Crippen LogP contribution in [0.25, 0.3) is 0 Å². The molecule has 0 bridgehead atoms. The third-order valence-electron chi connectivity index (χ3n) is 3.25. The van der Waals surface area contributed by atoms with E-state index in [4.69, 9.17) is 10.5 Å². The number of aryl methyl sites for hydroxylation is 3. The van der Waals surface area contributed by atoms with Crippen molar-refractivity contribution in [2.75, 3.05) is 0 Å². The predicted molar refractivity (Wildman–Crippen MR) is 78.5 cm³/mol. The fourth-order valence-electron chi connectivity index (χ4n) is 2.09. The molecule has 0 fully saturated rings. The molecule has 0 aliphatic heterocycles. The van der Waals surface area contributed by atoms with E-state index in [0.717, 1.165) is 35.7 Å². The summed E-state index contributed by atoms with van der Waals surface area (Å²) in [4.78, 5) is 0. The summed E-state index contributed by atoms with van der Waals surface area (Å²) in [7, 11) is 0. The smallest absolute Gasteiger partial charge is 0.132 e. The van der Waals surface area contributed by atoms with Gasteiger partial charge in [-0.05, 0) is 37.5 Å². The molecule has 0 aliphatic rings. The second-order valence-corrected chi connectivity index (χ2v) is 4.97. The lowest BCUT2D eigenvalue weighted by atomic mass is 10.1. The summed E-state index contributed by atoms with van der Waals surface area (Å²) in [6.45, 7) is 7.87. The highest BCUT2D eigenvalue weighted by atomic mass is 16.5. The maximum atomic E-state index is 5.94. The van der Waals surface area contributed by atoms with Crippen LogP contribution >= 0.6 is 0 Å². The van der Waals surface area contributed by atoms with E-state index in [2.05, 4.69) is 36.3 Å². The summed E-state index contributed by atoms with van der Waals surface area (Å²) in [5.74, 6) is 0.900. The lowest BCUT2D eigenvalue weighted by molar-refractivity contribution is 0.288. The Morgan fingerprint density at radius 2 is 2.10 bits per heavy atom. The Bertz CT molecular complexity index is 577. The number of hydrogen-bond donors (Lipinski definition) is 1. The quantitative estimate of drug-likeness (QED) is 0.878. The Morgan fingerprint density at radius 1 is 1.30 bits per heavy atom. The van der Waals surface area contributed by atoms with E-state index in [1.165, 1.54) is 5.56 Å². The molecule has 0 amide bonds. The Hall–Kier alpha value is -1.88. The Labute approximate surface area is 119 Å². The normalized spacial score (nSPS) is 10.8. The lowest BCUT2D eigenvalue weighted by Crippen LogP contribution is -2.11. The molecule has 0 spiro atoms. The van der Waals surface area contributed by atoms with Gasteiger partial charge in [-0.25, -0.2) is 4.68 Å². The number of nitrogens with zero attached hydrogens (tertiary/aromatic N) is 3. The van der Waals surface area contributed by atoms with Gasteiger partial charge in [0, 0.05) is 13.1 Å². The molecule has 1 aromatic heterocycles. The second-order valence-electron chi connectivity index (χ2n) is 4.97. The molecular formula is C15H22N4O. The summed E-state index contributed by atoms with van der Waals surface area (Å²) < 4.78 is 7.82. The first-order chi connectivity index (χ1) is 9.65. The highest BCUT2D eigenvalue weighted by Gasteiger charge is 2.12. The number of rotatable bonds is 6. The van der Waals surface area contributed by atoms with Crippen molar-refractivity contribution in [1.82, 2.24) is 15.0 Å². The van der Waals surface area contributed by atoms with Crippen LogP contribution in [0.3, 0.4) is 0 Å². The van der Waals surface area contributed by atoms with Crippen LogP contribution in [-0.4, -0.2) is 15.0 Å². The maximum absolute atomic E-state index is 5.94. The molecule has 5 nitrogen and oxygen atoms in total. The summed E-state index contributed by atoms with van der Waals surface area (Å²) in [6.07, 6.45) is 1.00. The first kappa shape index (κ1) is 14.5. The fourth-order valence-corrected chi connectivity index (χ4v) is 2.09. The van der Waals surface area contributed by atoms with E-state index in [1.807, 2.05) is 17.7 Å². The van der Waals surface area contributed by atoms with Gasteiger partial charge < -0.3 is 10.5 Å². The minimum Gasteiger partial charge on any atom is -0.487 e. The molecule has 2 rings (SSSR count). The minimum absolute atomic E-state index is 0.384. The van der Waals surface area contributed by atoms with Crippen LogP contribution < -0.4 is 10.5 Å². The van der Waals surface area contributed by atoms with E-state index in [0.29, 0.717) is 13.2 Å². The van der Waals surface area contributed by atoms with Gasteiger partial charge in [0.2, 0.25) is 0 Å². The van der Waals surface area contributed by atoms with E-state index >= 15 is 0 Å². The van der Waals surface area contributed by atoms with Gasteiger partial charge in [0.25, 0.3) is 0 Å². The topological polar surface area (TPSA) is 66.0 Å². The monoisotopic (exact) mass is 274 g/mol. The molecule has 0 aliphatic carbocycles. The molecule has 0 atom stereocenters. The van der Waals surface area contributed by atoms with Gasteiger partial charge in [-0.1, -0.05) is 24.3 Å². The van der Waals surface area contributed by atoms with Gasteiger partial charge in [0.05, 0.1) is 0 Å². The molecule has 0 radical (unpaired) electrons. The second kappa shape index (κ2) is 6.52. The van der Waals surface area contributed by atoms with Gasteiger partial charge in [-0.3, -0.25) is 0 Å². The molecule has 0 saturated carbocycles. The van der Waals surface area contributed by atoms with Gasteiger partial charge in [0.1, 0.15) is 23.7 Å². The van der Waals surface area contributed by atoms with Crippen LogP contribution in [0.15, 0.2) is 18.2 Å². The van der Waals surface area contributed by atoms with E-state index in [1.54, 1.807) is 0 Å². The van der Waals surface area contributed by atoms with Crippen molar-refractivity contribution in [2.24, 2.45) is 5.73 Å². The number of nitrogens with two attached hydrogens (primary N) is 1. The molecule has 0 saturated heterocycles. The average Bonchev–Trinajstić information content (AvgIpc) is 2.82. The molecule has 5 heteroatoms. The molecule has 0 unspecified atom stereocenters. The standard InChI is InChI=1S/C15H22N4O/c1-4-7-19-14(13(9-16)17-18-19)10-20-15-8-11(2)5-6-12(15)3/h5-6,8H,4,7,9-10,16H2,1-3H3. The summed E-state index contributed by atoms with van der Waals surface area (Å²) in [5.41, 5.74) is 9.80. The first-order valence-corrected chi connectivity index (χ1v) is 6.97. The highest BCUT2D eigenvalue weighted by Crippen LogP contribution is 2.21. The first-order valence-electron chi connectivity index (χ1n) is 6.97. The van der Waals surface area contributed by atoms with E-state index < -0.39 is 0 Å². The van der Waals surface area contributed by atoms with E-state index in [-0.39, 0.29) is 0 Å². The van der Waals surface area contributed by atoms with Crippen LogP contribution in [0.2, 0.25) is 0 Å². The summed E-state index contributed by atoms with van der Waals surface area (Å²) in [6, 6.07) is 6.19. The third kappa shape index (κ3) is 3.17. The zero-order valence-corrected chi connectivity index (χ0v) is 12.4. The summed E-state index contributed by atoms with van der Waals surface area (Å²) >= 11 is 0. The molecule has 20 heavy (non-hydrogen) atoms. The van der Waals surface area contributed by atoms with Crippen LogP contribution in [-0.2, 0) is 19.7 Å². The van der Waals surface area contributed by atoms with E-state index in [9.17, 15) is 0 Å². The lowest BCUT2D eigenvalue weighted by Gasteiger charge is -2.11. The third-order valence-corrected chi connectivity index (χ3v) is 3.25. The van der Waals surface area contributed by atoms with Crippen molar-refractivity contribution in [3.05, 3.63) is 40.7 Å². The zero-order chi connectivity index (χ0) is 14.5. The van der Waals surface area contributed by atoms with Gasteiger partial charge in [0.15, 0.2) is 0 Å². The van der Waals surface area contributed by atoms with Crippen molar-refractivity contribution in [1.29, 1.82) is 0 Å². The van der Waals surface area contributed by atoms with Gasteiger partial charge in [-0.2, -0.15) is 0 Å². The number of benzene rings is 1. The largest absolute Gasteiger partial charge is 0.487 e. The average molecular weight is 274 g/mol. The Kier molecular flexibility index (Phi) is 4.74. The van der Waals surface area contributed by atoms with Crippen molar-refractivity contribution < 1.29 is 4.74 Å². The summed E-state index contributed by atoms with van der Waals surface area (Å²) in [5, 5.41) is 8.25. The highest BCUT2D eigenvalue weighted by molar-refractivity contribution is 5.36. The molecule has 2 N–H and O–H groups in total.